The monoisotopic (exact) mass is 483 g/mol. The average Bonchev–Trinajstić information content (AvgIpc) is 3.16. The lowest BCUT2D eigenvalue weighted by Gasteiger charge is -2.14. The number of halogens is 3. The number of nitrogens with zero attached hydrogens (tertiary/aromatic N) is 2. The summed E-state index contributed by atoms with van der Waals surface area (Å²) < 4.78 is 20.4. The minimum atomic E-state index is -1.82. The molecule has 170 valence electrons. The van der Waals surface area contributed by atoms with Crippen molar-refractivity contribution in [2.24, 2.45) is 0 Å². The van der Waals surface area contributed by atoms with Gasteiger partial charge in [0.2, 0.25) is 5.95 Å². The van der Waals surface area contributed by atoms with Crippen molar-refractivity contribution in [2.75, 3.05) is 19.0 Å². The molecule has 3 rings (SSSR count). The van der Waals surface area contributed by atoms with Crippen molar-refractivity contribution in [2.45, 2.75) is 13.1 Å². The first kappa shape index (κ1) is 25.1. The number of carbonyl (C=O) groups is 2. The van der Waals surface area contributed by atoms with Crippen LogP contribution in [0.15, 0.2) is 48.7 Å². The fourth-order valence-electron chi connectivity index (χ4n) is 2.64. The molecule has 32 heavy (non-hydrogen) atoms. The highest BCUT2D eigenvalue weighted by molar-refractivity contribution is 6.42. The van der Waals surface area contributed by atoms with Crippen LogP contribution in [0.5, 0.6) is 0 Å². The van der Waals surface area contributed by atoms with Crippen molar-refractivity contribution >= 4 is 41.1 Å². The van der Waals surface area contributed by atoms with Gasteiger partial charge in [0.05, 0.1) is 28.5 Å². The van der Waals surface area contributed by atoms with E-state index in [-0.39, 0.29) is 5.82 Å². The minimum absolute atomic E-state index is 0.273. The molecule has 2 aromatic carbocycles. The number of anilines is 1. The maximum atomic E-state index is 13.2. The molecule has 1 heterocycles. The molecule has 0 aliphatic carbocycles. The summed E-state index contributed by atoms with van der Waals surface area (Å²) in [4.78, 5) is 22.7. The highest BCUT2D eigenvalue weighted by atomic mass is 35.5. The Bertz CT molecular complexity index is 1060. The number of ether oxygens (including phenoxy) is 1. The van der Waals surface area contributed by atoms with E-state index in [0.29, 0.717) is 35.7 Å². The Hall–Kier alpha value is -3.14. The Balaban J connectivity index is 0.000000534. The Morgan fingerprint density at radius 3 is 2.38 bits per heavy atom. The van der Waals surface area contributed by atoms with Gasteiger partial charge in [-0.3, -0.25) is 0 Å². The van der Waals surface area contributed by atoms with Crippen LogP contribution in [0.4, 0.5) is 10.3 Å². The number of aliphatic carboxylic acids is 2. The first-order chi connectivity index (χ1) is 15.2. The number of hydrogen-bond acceptors (Lipinski definition) is 5. The number of carboxylic acid groups (broad SMARTS) is 2. The van der Waals surface area contributed by atoms with Gasteiger partial charge in [0.25, 0.3) is 0 Å². The summed E-state index contributed by atoms with van der Waals surface area (Å²) in [6.07, 6.45) is 1.75. The molecule has 0 atom stereocenters. The Kier molecular flexibility index (Phi) is 9.45. The molecule has 8 nitrogen and oxygen atoms in total. The average molecular weight is 484 g/mol. The second-order valence-electron chi connectivity index (χ2n) is 6.30. The molecule has 0 aliphatic rings. The van der Waals surface area contributed by atoms with E-state index in [2.05, 4.69) is 10.3 Å². The molecular formula is C21H20Cl2FN3O5. The van der Waals surface area contributed by atoms with Crippen LogP contribution in [-0.4, -0.2) is 45.4 Å². The van der Waals surface area contributed by atoms with Crippen molar-refractivity contribution < 1.29 is 28.9 Å². The van der Waals surface area contributed by atoms with E-state index < -0.39 is 11.9 Å². The SMILES string of the molecule is COCCn1c(-c2ccc(F)cc2)cnc1NCc1cccc(Cl)c1Cl.O=C(O)C(=O)O. The molecule has 0 aliphatic heterocycles. The molecule has 0 radical (unpaired) electrons. The van der Waals surface area contributed by atoms with E-state index in [1.165, 1.54) is 12.1 Å². The van der Waals surface area contributed by atoms with Crippen LogP contribution in [0, 0.1) is 5.82 Å². The summed E-state index contributed by atoms with van der Waals surface area (Å²) in [7, 11) is 1.65. The number of aromatic nitrogens is 2. The van der Waals surface area contributed by atoms with Crippen LogP contribution in [0.2, 0.25) is 10.0 Å². The van der Waals surface area contributed by atoms with E-state index in [9.17, 15) is 4.39 Å². The number of benzene rings is 2. The van der Waals surface area contributed by atoms with Crippen molar-refractivity contribution in [3.05, 3.63) is 70.1 Å². The molecule has 0 fully saturated rings. The first-order valence-corrected chi connectivity index (χ1v) is 9.93. The first-order valence-electron chi connectivity index (χ1n) is 9.18. The van der Waals surface area contributed by atoms with Crippen LogP contribution in [0.1, 0.15) is 5.56 Å². The standard InChI is InChI=1S/C19H18Cl2FN3O.C2H2O4/c1-26-10-9-25-17(13-5-7-15(22)8-6-13)12-24-19(25)23-11-14-3-2-4-16(20)18(14)21;3-1(4)2(5)6/h2-8,12H,9-11H2,1H3,(H,23,24);(H,3,4)(H,5,6). The van der Waals surface area contributed by atoms with Crippen LogP contribution in [-0.2, 0) is 27.4 Å². The molecule has 0 unspecified atom stereocenters. The minimum Gasteiger partial charge on any atom is -0.473 e. The van der Waals surface area contributed by atoms with Gasteiger partial charge in [-0.2, -0.15) is 0 Å². The van der Waals surface area contributed by atoms with Crippen LogP contribution < -0.4 is 5.32 Å². The van der Waals surface area contributed by atoms with Gasteiger partial charge in [0.15, 0.2) is 0 Å². The molecule has 0 bridgehead atoms. The van der Waals surface area contributed by atoms with Gasteiger partial charge in [-0.1, -0.05) is 35.3 Å². The second-order valence-corrected chi connectivity index (χ2v) is 7.08. The largest absolute Gasteiger partial charge is 0.473 e. The Labute approximate surface area is 193 Å². The number of rotatable bonds is 7. The predicted molar refractivity (Wildman–Crippen MR) is 119 cm³/mol. The van der Waals surface area contributed by atoms with Gasteiger partial charge >= 0.3 is 11.9 Å². The van der Waals surface area contributed by atoms with Gasteiger partial charge in [0, 0.05) is 25.8 Å². The summed E-state index contributed by atoms with van der Waals surface area (Å²) in [5, 5.41) is 19.1. The molecule has 11 heteroatoms. The summed E-state index contributed by atoms with van der Waals surface area (Å²) >= 11 is 12.3. The lowest BCUT2D eigenvalue weighted by atomic mass is 10.1. The third-order valence-corrected chi connectivity index (χ3v) is 5.02. The summed E-state index contributed by atoms with van der Waals surface area (Å²) in [6.45, 7) is 1.61. The van der Waals surface area contributed by atoms with Crippen LogP contribution in [0.3, 0.4) is 0 Å². The summed E-state index contributed by atoms with van der Waals surface area (Å²) in [5.41, 5.74) is 2.63. The normalized spacial score (nSPS) is 10.2. The third kappa shape index (κ3) is 6.94. The van der Waals surface area contributed by atoms with E-state index in [0.717, 1.165) is 16.8 Å². The van der Waals surface area contributed by atoms with E-state index >= 15 is 0 Å². The number of methoxy groups -OCH3 is 1. The molecule has 3 N–H and O–H groups in total. The number of hydrogen-bond donors (Lipinski definition) is 3. The highest BCUT2D eigenvalue weighted by Crippen LogP contribution is 2.27. The van der Waals surface area contributed by atoms with Crippen molar-refractivity contribution in [3.8, 4) is 11.3 Å². The van der Waals surface area contributed by atoms with Gasteiger partial charge in [-0.05, 0) is 35.9 Å². The Morgan fingerprint density at radius 2 is 1.78 bits per heavy atom. The molecule has 0 amide bonds. The maximum absolute atomic E-state index is 13.2. The zero-order valence-electron chi connectivity index (χ0n) is 16.9. The van der Waals surface area contributed by atoms with E-state index in [4.69, 9.17) is 47.7 Å². The topological polar surface area (TPSA) is 114 Å². The van der Waals surface area contributed by atoms with Crippen LogP contribution >= 0.6 is 23.2 Å². The molecule has 0 spiro atoms. The van der Waals surface area contributed by atoms with E-state index in [1.807, 2.05) is 16.7 Å². The lowest BCUT2D eigenvalue weighted by molar-refractivity contribution is -0.159. The second kappa shape index (κ2) is 12.0. The lowest BCUT2D eigenvalue weighted by Crippen LogP contribution is -2.12. The number of imidazole rings is 1. The molecule has 0 saturated carbocycles. The predicted octanol–water partition coefficient (Wildman–Crippen LogP) is 4.41. The summed E-state index contributed by atoms with van der Waals surface area (Å²) in [5.74, 6) is -3.24. The van der Waals surface area contributed by atoms with E-state index in [1.54, 1.807) is 31.5 Å². The Morgan fingerprint density at radius 1 is 1.12 bits per heavy atom. The fourth-order valence-corrected chi connectivity index (χ4v) is 3.02. The van der Waals surface area contributed by atoms with Crippen molar-refractivity contribution in [3.63, 3.8) is 0 Å². The van der Waals surface area contributed by atoms with Gasteiger partial charge in [0.1, 0.15) is 5.82 Å². The zero-order valence-corrected chi connectivity index (χ0v) is 18.4. The molecule has 0 saturated heterocycles. The van der Waals surface area contributed by atoms with Gasteiger partial charge in [-0.15, -0.1) is 0 Å². The summed E-state index contributed by atoms with van der Waals surface area (Å²) in [6, 6.07) is 11.8. The van der Waals surface area contributed by atoms with Crippen LogP contribution in [0.25, 0.3) is 11.3 Å². The molecule has 1 aromatic heterocycles. The molecule has 3 aromatic rings. The maximum Gasteiger partial charge on any atom is 0.414 e. The quantitative estimate of drug-likeness (QED) is 0.426. The molecular weight excluding hydrogens is 464 g/mol. The highest BCUT2D eigenvalue weighted by Gasteiger charge is 2.13. The number of nitrogens with one attached hydrogen (secondary N) is 1. The third-order valence-electron chi connectivity index (χ3n) is 4.17. The smallest absolute Gasteiger partial charge is 0.414 e. The van der Waals surface area contributed by atoms with Gasteiger partial charge in [-0.25, -0.2) is 19.0 Å². The fraction of sp³-hybridized carbons (Fsp3) is 0.190. The van der Waals surface area contributed by atoms with Gasteiger partial charge < -0.3 is 24.8 Å². The van der Waals surface area contributed by atoms with Crippen molar-refractivity contribution in [1.29, 1.82) is 0 Å². The zero-order chi connectivity index (χ0) is 23.7. The van der Waals surface area contributed by atoms with Crippen molar-refractivity contribution in [1.82, 2.24) is 9.55 Å². The number of carboxylic acids is 2.